The van der Waals surface area contributed by atoms with Crippen LogP contribution < -0.4 is 0 Å². The minimum atomic E-state index is -1.34. The Morgan fingerprint density at radius 2 is 1.09 bits per heavy atom. The molecule has 2 fully saturated rings. The van der Waals surface area contributed by atoms with Gasteiger partial charge in [0.15, 0.2) is 0 Å². The van der Waals surface area contributed by atoms with Crippen molar-refractivity contribution in [2.24, 2.45) is 5.92 Å². The molecule has 0 spiro atoms. The molecule has 2 aliphatic rings. The summed E-state index contributed by atoms with van der Waals surface area (Å²) in [5, 5.41) is 21.1. The molecule has 7 nitrogen and oxygen atoms in total. The predicted molar refractivity (Wildman–Crippen MR) is 142 cm³/mol. The van der Waals surface area contributed by atoms with Gasteiger partial charge in [-0.15, -0.1) is 0 Å². The molecule has 0 saturated carbocycles. The van der Waals surface area contributed by atoms with Crippen molar-refractivity contribution < 1.29 is 19.8 Å². The molecule has 204 valence electrons. The summed E-state index contributed by atoms with van der Waals surface area (Å²) in [5.74, 6) is -1.75. The molecule has 0 aromatic rings. The molecule has 7 heteroatoms. The second kappa shape index (κ2) is 8.98. The van der Waals surface area contributed by atoms with Gasteiger partial charge in [-0.2, -0.15) is 0 Å². The van der Waals surface area contributed by atoms with Crippen molar-refractivity contribution in [2.75, 3.05) is 14.1 Å². The van der Waals surface area contributed by atoms with E-state index >= 15 is 0 Å². The number of hydrogen-bond donors (Lipinski definition) is 2. The van der Waals surface area contributed by atoms with E-state index in [2.05, 4.69) is 79.3 Å². The summed E-state index contributed by atoms with van der Waals surface area (Å²) in [6.45, 7) is 22.7. The monoisotopic (exact) mass is 495 g/mol. The minimum absolute atomic E-state index is 0.0729. The summed E-state index contributed by atoms with van der Waals surface area (Å²) in [6.07, 6.45) is 3.59. The molecule has 35 heavy (non-hydrogen) atoms. The van der Waals surface area contributed by atoms with E-state index in [0.29, 0.717) is 19.3 Å². The Morgan fingerprint density at radius 3 is 1.40 bits per heavy atom. The summed E-state index contributed by atoms with van der Waals surface area (Å²) in [6, 6.07) is -0.185. The Hall–Kier alpha value is -1.18. The van der Waals surface area contributed by atoms with Crippen LogP contribution in [0.3, 0.4) is 0 Å². The van der Waals surface area contributed by atoms with Gasteiger partial charge in [0.25, 0.3) is 0 Å². The number of likely N-dealkylation sites (tertiary alicyclic amines) is 2. The lowest BCUT2D eigenvalue weighted by atomic mass is 9.68. The van der Waals surface area contributed by atoms with Gasteiger partial charge in [-0.25, -0.2) is 0 Å². The maximum absolute atomic E-state index is 13.2. The molecule has 0 aliphatic carbocycles. The summed E-state index contributed by atoms with van der Waals surface area (Å²) >= 11 is 0. The van der Waals surface area contributed by atoms with Crippen molar-refractivity contribution in [1.29, 1.82) is 0 Å². The molecule has 2 aliphatic heterocycles. The maximum Gasteiger partial charge on any atom is 0.323 e. The van der Waals surface area contributed by atoms with Crippen LogP contribution >= 0.6 is 0 Å². The van der Waals surface area contributed by atoms with Crippen molar-refractivity contribution in [3.63, 3.8) is 0 Å². The van der Waals surface area contributed by atoms with E-state index in [0.717, 1.165) is 12.8 Å². The number of carboxylic acids is 2. The summed E-state index contributed by atoms with van der Waals surface area (Å²) in [5.41, 5.74) is -3.20. The van der Waals surface area contributed by atoms with Crippen molar-refractivity contribution in [3.8, 4) is 0 Å². The molecule has 0 aromatic carbocycles. The topological polar surface area (TPSA) is 84.3 Å². The van der Waals surface area contributed by atoms with Crippen LogP contribution in [0.15, 0.2) is 0 Å². The Morgan fingerprint density at radius 1 is 0.743 bits per heavy atom. The highest BCUT2D eigenvalue weighted by Gasteiger charge is 2.58. The van der Waals surface area contributed by atoms with Gasteiger partial charge >= 0.3 is 11.9 Å². The first-order valence-electron chi connectivity index (χ1n) is 13.2. The maximum atomic E-state index is 13.2. The second-order valence-corrected chi connectivity index (χ2v) is 14.7. The molecule has 1 unspecified atom stereocenters. The standard InChI is InChI=1S/C28H53N3O4/c1-23(2)14-19(15-24(3,4)29(23)12)16-28(11,22(34)35)31(27(9,10)21(32)33)20-17-25(5,6)30(13)26(7,8)18-20/h19-20H,14-18H2,1-13H3,(H,32,33)(H,34,35). The largest absolute Gasteiger partial charge is 0.480 e. The second-order valence-electron chi connectivity index (χ2n) is 14.7. The molecular weight excluding hydrogens is 442 g/mol. The van der Waals surface area contributed by atoms with Gasteiger partial charge in [0.2, 0.25) is 0 Å². The Bertz CT molecular complexity index is 796. The lowest BCUT2D eigenvalue weighted by Gasteiger charge is -2.60. The van der Waals surface area contributed by atoms with Crippen LogP contribution in [0.4, 0.5) is 0 Å². The number of aliphatic carboxylic acids is 2. The first-order chi connectivity index (χ1) is 15.4. The van der Waals surface area contributed by atoms with Gasteiger partial charge in [0, 0.05) is 28.2 Å². The number of piperidine rings is 2. The van der Waals surface area contributed by atoms with Crippen molar-refractivity contribution in [2.45, 2.75) is 148 Å². The Kier molecular flexibility index (Phi) is 7.71. The summed E-state index contributed by atoms with van der Waals surface area (Å²) < 4.78 is 0. The van der Waals surface area contributed by atoms with Crippen LogP contribution in [0.2, 0.25) is 0 Å². The fourth-order valence-corrected chi connectivity index (χ4v) is 7.65. The normalized spacial score (nSPS) is 27.5. The van der Waals surface area contributed by atoms with Gasteiger partial charge < -0.3 is 10.2 Å². The first-order valence-corrected chi connectivity index (χ1v) is 13.2. The van der Waals surface area contributed by atoms with Crippen LogP contribution in [0.25, 0.3) is 0 Å². The van der Waals surface area contributed by atoms with E-state index in [1.807, 2.05) is 4.90 Å². The lowest BCUT2D eigenvalue weighted by molar-refractivity contribution is -0.180. The SMILES string of the molecule is CN1C(C)(C)CC(CC(C)(C(=O)O)N(C2CC(C)(C)N(C)C(C)(C)C2)C(C)(C)C(=O)O)CC1(C)C. The third-order valence-corrected chi connectivity index (χ3v) is 9.85. The number of nitrogens with zero attached hydrogens (tertiary/aromatic N) is 3. The summed E-state index contributed by atoms with van der Waals surface area (Å²) in [7, 11) is 4.26. The minimum Gasteiger partial charge on any atom is -0.480 e. The van der Waals surface area contributed by atoms with E-state index in [1.165, 1.54) is 0 Å². The number of hydrogen-bond acceptors (Lipinski definition) is 5. The highest BCUT2D eigenvalue weighted by Crippen LogP contribution is 2.48. The van der Waals surface area contributed by atoms with Crippen molar-refractivity contribution in [3.05, 3.63) is 0 Å². The molecule has 2 saturated heterocycles. The summed E-state index contributed by atoms with van der Waals surface area (Å²) in [4.78, 5) is 32.4. The first kappa shape index (κ1) is 30.0. The zero-order valence-electron chi connectivity index (χ0n) is 24.7. The average molecular weight is 496 g/mol. The highest BCUT2D eigenvalue weighted by molar-refractivity contribution is 5.83. The van der Waals surface area contributed by atoms with E-state index in [-0.39, 0.29) is 34.1 Å². The predicted octanol–water partition coefficient (Wildman–Crippen LogP) is 4.94. The molecule has 0 aromatic heterocycles. The third kappa shape index (κ3) is 5.42. The van der Waals surface area contributed by atoms with Crippen LogP contribution in [0.5, 0.6) is 0 Å². The van der Waals surface area contributed by atoms with Crippen molar-refractivity contribution in [1.82, 2.24) is 14.7 Å². The Balaban J connectivity index is 2.62. The van der Waals surface area contributed by atoms with Gasteiger partial charge in [0.05, 0.1) is 0 Å². The molecule has 0 radical (unpaired) electrons. The van der Waals surface area contributed by atoms with E-state index in [4.69, 9.17) is 0 Å². The smallest absolute Gasteiger partial charge is 0.323 e. The fourth-order valence-electron chi connectivity index (χ4n) is 7.65. The van der Waals surface area contributed by atoms with Crippen LogP contribution in [0.1, 0.15) is 108 Å². The zero-order chi connectivity index (χ0) is 27.6. The van der Waals surface area contributed by atoms with Gasteiger partial charge in [-0.3, -0.25) is 24.3 Å². The fraction of sp³-hybridized carbons (Fsp3) is 0.929. The molecular formula is C28H53N3O4. The molecule has 2 rings (SSSR count). The third-order valence-electron chi connectivity index (χ3n) is 9.85. The quantitative estimate of drug-likeness (QED) is 0.518. The lowest BCUT2D eigenvalue weighted by Crippen LogP contribution is -2.72. The number of carbonyl (C=O) groups is 2. The van der Waals surface area contributed by atoms with Gasteiger partial charge in [0.1, 0.15) is 11.1 Å². The van der Waals surface area contributed by atoms with Gasteiger partial charge in [-0.05, 0) is 128 Å². The van der Waals surface area contributed by atoms with Crippen molar-refractivity contribution >= 4 is 11.9 Å². The Labute approximate surface area is 214 Å². The van der Waals surface area contributed by atoms with E-state index in [1.54, 1.807) is 20.8 Å². The molecule has 1 atom stereocenters. The van der Waals surface area contributed by atoms with E-state index < -0.39 is 23.0 Å². The molecule has 2 N–H and O–H groups in total. The zero-order valence-corrected chi connectivity index (χ0v) is 24.7. The number of rotatable bonds is 7. The molecule has 0 bridgehead atoms. The average Bonchev–Trinajstić information content (AvgIpc) is 2.62. The molecule has 0 amide bonds. The van der Waals surface area contributed by atoms with E-state index in [9.17, 15) is 19.8 Å². The van der Waals surface area contributed by atoms with Crippen LogP contribution in [-0.4, -0.2) is 90.2 Å². The highest BCUT2D eigenvalue weighted by atomic mass is 16.4. The van der Waals surface area contributed by atoms with Gasteiger partial charge in [-0.1, -0.05) is 0 Å². The number of carboxylic acid groups (broad SMARTS) is 2. The van der Waals surface area contributed by atoms with Crippen LogP contribution in [0, 0.1) is 5.92 Å². The molecule has 2 heterocycles. The van der Waals surface area contributed by atoms with Crippen LogP contribution in [-0.2, 0) is 9.59 Å².